The minimum Gasteiger partial charge on any atom is -0.457 e. The maximum absolute atomic E-state index is 12.6. The molecule has 0 aromatic heterocycles. The highest BCUT2D eigenvalue weighted by Gasteiger charge is 2.26. The highest BCUT2D eigenvalue weighted by molar-refractivity contribution is 7.47. The number of aliphatic hydroxyl groups excluding tert-OH is 2. The molecule has 0 heterocycles. The van der Waals surface area contributed by atoms with Crippen molar-refractivity contribution >= 4 is 13.8 Å². The highest BCUT2D eigenvalue weighted by Crippen LogP contribution is 2.43. The second-order valence-corrected chi connectivity index (χ2v) is 18.7. The molecule has 0 radical (unpaired) electrons. The number of carbonyl (C=O) groups is 1. The fourth-order valence-corrected chi connectivity index (χ4v) is 8.27. The van der Waals surface area contributed by atoms with E-state index in [1.807, 2.05) is 0 Å². The van der Waals surface area contributed by atoms with Crippen LogP contribution in [0, 0.1) is 0 Å². The van der Waals surface area contributed by atoms with Crippen LogP contribution < -0.4 is 0 Å². The van der Waals surface area contributed by atoms with E-state index in [0.717, 1.165) is 32.1 Å². The molecule has 0 amide bonds. The molecular formula is C48H97O9P. The van der Waals surface area contributed by atoms with Gasteiger partial charge < -0.3 is 24.6 Å². The SMILES string of the molecule is CCCCCCCCCCCCCCCCCCCCCCCCCOCC(COP(=O)(O)OCC(O)CO)OC(=O)CCCCCCCCCCCCCCCC. The van der Waals surface area contributed by atoms with E-state index in [1.165, 1.54) is 205 Å². The van der Waals surface area contributed by atoms with Gasteiger partial charge in [-0.2, -0.15) is 0 Å². The fraction of sp³-hybridized carbons (Fsp3) is 0.979. The van der Waals surface area contributed by atoms with Crippen molar-refractivity contribution < 1.29 is 43.0 Å². The molecule has 10 heteroatoms. The average molecular weight is 849 g/mol. The zero-order valence-electron chi connectivity index (χ0n) is 38.3. The van der Waals surface area contributed by atoms with Crippen molar-refractivity contribution in [2.24, 2.45) is 0 Å². The number of esters is 1. The Morgan fingerprint density at radius 3 is 1.12 bits per heavy atom. The summed E-state index contributed by atoms with van der Waals surface area (Å²) in [5, 5.41) is 18.4. The molecular weight excluding hydrogens is 751 g/mol. The van der Waals surface area contributed by atoms with E-state index in [2.05, 4.69) is 13.8 Å². The number of hydrogen-bond acceptors (Lipinski definition) is 8. The Kier molecular flexibility index (Phi) is 45.5. The van der Waals surface area contributed by atoms with Gasteiger partial charge >= 0.3 is 13.8 Å². The van der Waals surface area contributed by atoms with Gasteiger partial charge in [-0.3, -0.25) is 13.8 Å². The Morgan fingerprint density at radius 2 is 0.776 bits per heavy atom. The maximum Gasteiger partial charge on any atom is 0.472 e. The Morgan fingerprint density at radius 1 is 0.466 bits per heavy atom. The van der Waals surface area contributed by atoms with Crippen LogP contribution >= 0.6 is 7.82 Å². The second kappa shape index (κ2) is 46.0. The molecule has 0 spiro atoms. The van der Waals surface area contributed by atoms with Crippen molar-refractivity contribution in [3.8, 4) is 0 Å². The largest absolute Gasteiger partial charge is 0.472 e. The van der Waals surface area contributed by atoms with Gasteiger partial charge in [-0.25, -0.2) is 4.57 Å². The van der Waals surface area contributed by atoms with E-state index >= 15 is 0 Å². The van der Waals surface area contributed by atoms with E-state index in [1.54, 1.807) is 0 Å². The topological polar surface area (TPSA) is 132 Å². The van der Waals surface area contributed by atoms with Gasteiger partial charge in [0.1, 0.15) is 12.2 Å². The molecule has 0 aromatic rings. The molecule has 0 aliphatic rings. The summed E-state index contributed by atoms with van der Waals surface area (Å²) in [4.78, 5) is 22.6. The van der Waals surface area contributed by atoms with Crippen LogP contribution in [0.5, 0.6) is 0 Å². The standard InChI is InChI=1S/C48H97O9P/c1-3-5-7-9-11-13-15-17-19-20-21-22-23-24-25-26-27-29-31-33-35-37-39-41-54-44-47(45-56-58(52,53)55-43-46(50)42-49)57-48(51)40-38-36-34-32-30-28-18-16-14-12-10-8-6-4-2/h46-47,49-50H,3-45H2,1-2H3,(H,52,53). The summed E-state index contributed by atoms with van der Waals surface area (Å²) in [5.74, 6) is -0.375. The van der Waals surface area contributed by atoms with E-state index in [-0.39, 0.29) is 25.6 Å². The summed E-state index contributed by atoms with van der Waals surface area (Å²) < 4.78 is 33.5. The lowest BCUT2D eigenvalue weighted by atomic mass is 10.0. The molecule has 3 atom stereocenters. The van der Waals surface area contributed by atoms with Gasteiger partial charge in [0.15, 0.2) is 0 Å². The normalized spacial score (nSPS) is 13.8. The summed E-state index contributed by atoms with van der Waals surface area (Å²) in [6, 6.07) is 0. The van der Waals surface area contributed by atoms with Gasteiger partial charge in [0.05, 0.1) is 26.4 Å². The van der Waals surface area contributed by atoms with E-state index < -0.39 is 33.2 Å². The van der Waals surface area contributed by atoms with Gasteiger partial charge in [-0.1, -0.05) is 239 Å². The van der Waals surface area contributed by atoms with Crippen LogP contribution in [0.15, 0.2) is 0 Å². The third-order valence-electron chi connectivity index (χ3n) is 11.3. The van der Waals surface area contributed by atoms with Crippen LogP contribution in [0.2, 0.25) is 0 Å². The molecule has 0 aliphatic heterocycles. The van der Waals surface area contributed by atoms with E-state index in [4.69, 9.17) is 23.6 Å². The lowest BCUT2D eigenvalue weighted by molar-refractivity contribution is -0.154. The first kappa shape index (κ1) is 57.5. The number of rotatable bonds is 49. The number of aliphatic hydroxyl groups is 2. The molecule has 0 aliphatic carbocycles. The predicted molar refractivity (Wildman–Crippen MR) is 242 cm³/mol. The summed E-state index contributed by atoms with van der Waals surface area (Å²) in [5.41, 5.74) is 0. The molecule has 3 N–H and O–H groups in total. The van der Waals surface area contributed by atoms with Gasteiger partial charge in [-0.15, -0.1) is 0 Å². The maximum atomic E-state index is 12.6. The number of phosphoric acid groups is 1. The number of phosphoric ester groups is 1. The molecule has 0 rings (SSSR count). The van der Waals surface area contributed by atoms with E-state index in [0.29, 0.717) is 6.61 Å². The van der Waals surface area contributed by atoms with Crippen LogP contribution in [0.1, 0.15) is 258 Å². The Hall–Kier alpha value is -0.540. The van der Waals surface area contributed by atoms with Gasteiger partial charge in [0.25, 0.3) is 0 Å². The van der Waals surface area contributed by atoms with Gasteiger partial charge in [0, 0.05) is 13.0 Å². The van der Waals surface area contributed by atoms with Crippen LogP contribution in [-0.2, 0) is 27.9 Å². The number of ether oxygens (including phenoxy) is 2. The average Bonchev–Trinajstić information content (AvgIpc) is 3.21. The smallest absolute Gasteiger partial charge is 0.457 e. The zero-order chi connectivity index (χ0) is 42.5. The van der Waals surface area contributed by atoms with Crippen LogP contribution in [0.3, 0.4) is 0 Å². The molecule has 0 saturated heterocycles. The molecule has 348 valence electrons. The summed E-state index contributed by atoms with van der Waals surface area (Å²) in [6.07, 6.45) is 46.4. The lowest BCUT2D eigenvalue weighted by Crippen LogP contribution is -2.29. The minimum atomic E-state index is -4.51. The number of carbonyl (C=O) groups excluding carboxylic acids is 1. The third-order valence-corrected chi connectivity index (χ3v) is 12.2. The predicted octanol–water partition coefficient (Wildman–Crippen LogP) is 14.3. The Bertz CT molecular complexity index is 876. The summed E-state index contributed by atoms with van der Waals surface area (Å²) in [6.45, 7) is 3.59. The second-order valence-electron chi connectivity index (χ2n) is 17.2. The van der Waals surface area contributed by atoms with Crippen molar-refractivity contribution in [3.05, 3.63) is 0 Å². The minimum absolute atomic E-state index is 0.0586. The monoisotopic (exact) mass is 849 g/mol. The van der Waals surface area contributed by atoms with Crippen molar-refractivity contribution in [1.82, 2.24) is 0 Å². The Labute approximate surface area is 358 Å². The van der Waals surface area contributed by atoms with Crippen LogP contribution in [0.4, 0.5) is 0 Å². The molecule has 0 bridgehead atoms. The first-order chi connectivity index (χ1) is 28.3. The number of unbranched alkanes of at least 4 members (excludes halogenated alkanes) is 35. The summed E-state index contributed by atoms with van der Waals surface area (Å²) in [7, 11) is -4.51. The van der Waals surface area contributed by atoms with Crippen LogP contribution in [-0.4, -0.2) is 66.3 Å². The Balaban J connectivity index is 3.98. The first-order valence-corrected chi connectivity index (χ1v) is 26.5. The number of hydrogen-bond donors (Lipinski definition) is 3. The lowest BCUT2D eigenvalue weighted by Gasteiger charge is -2.20. The van der Waals surface area contributed by atoms with Crippen molar-refractivity contribution in [1.29, 1.82) is 0 Å². The zero-order valence-corrected chi connectivity index (χ0v) is 39.2. The van der Waals surface area contributed by atoms with E-state index in [9.17, 15) is 19.4 Å². The highest BCUT2D eigenvalue weighted by atomic mass is 31.2. The van der Waals surface area contributed by atoms with Crippen LogP contribution in [0.25, 0.3) is 0 Å². The molecule has 0 fully saturated rings. The van der Waals surface area contributed by atoms with Crippen molar-refractivity contribution in [3.63, 3.8) is 0 Å². The molecule has 9 nitrogen and oxygen atoms in total. The quantitative estimate of drug-likeness (QED) is 0.0311. The van der Waals surface area contributed by atoms with Crippen molar-refractivity contribution in [2.45, 2.75) is 270 Å². The fourth-order valence-electron chi connectivity index (χ4n) is 7.48. The van der Waals surface area contributed by atoms with Gasteiger partial charge in [0.2, 0.25) is 0 Å². The molecule has 58 heavy (non-hydrogen) atoms. The third kappa shape index (κ3) is 45.0. The summed E-state index contributed by atoms with van der Waals surface area (Å²) >= 11 is 0. The molecule has 0 aromatic carbocycles. The van der Waals surface area contributed by atoms with Gasteiger partial charge in [-0.05, 0) is 12.8 Å². The molecule has 0 saturated carbocycles. The van der Waals surface area contributed by atoms with Crippen molar-refractivity contribution in [2.75, 3.05) is 33.0 Å². The molecule has 3 unspecified atom stereocenters. The first-order valence-electron chi connectivity index (χ1n) is 25.0.